The largest absolute Gasteiger partial charge is 0.357 e. The molecule has 1 fully saturated rings. The summed E-state index contributed by atoms with van der Waals surface area (Å²) in [5.74, 6) is -0.0723. The van der Waals surface area contributed by atoms with Crippen molar-refractivity contribution < 1.29 is 9.59 Å². The third-order valence-corrected chi connectivity index (χ3v) is 5.74. The lowest BCUT2D eigenvalue weighted by Gasteiger charge is -2.18. The molecule has 168 valence electrons. The number of benzene rings is 2. The van der Waals surface area contributed by atoms with Crippen molar-refractivity contribution in [3.8, 4) is 0 Å². The van der Waals surface area contributed by atoms with Crippen LogP contribution in [0.2, 0.25) is 10.0 Å². The molecule has 1 aromatic heterocycles. The number of amidine groups is 1. The molecule has 7 nitrogen and oxygen atoms in total. The minimum absolute atomic E-state index is 0.194. The van der Waals surface area contributed by atoms with Crippen LogP contribution < -0.4 is 10.6 Å². The van der Waals surface area contributed by atoms with Crippen molar-refractivity contribution in [2.75, 3.05) is 23.7 Å². The molecule has 9 heteroatoms. The van der Waals surface area contributed by atoms with Gasteiger partial charge in [0.25, 0.3) is 11.8 Å². The van der Waals surface area contributed by atoms with E-state index in [1.165, 1.54) is 12.3 Å². The maximum Gasteiger partial charge on any atom is 0.258 e. The SMILES string of the molecule is N=C(c1ccc(C(=O)Nc2ccc(Cl)cc2C(=O)Nc2ccc(Cl)cn2)cc1)N1CCCC1. The van der Waals surface area contributed by atoms with E-state index in [2.05, 4.69) is 15.6 Å². The van der Waals surface area contributed by atoms with E-state index < -0.39 is 5.91 Å². The summed E-state index contributed by atoms with van der Waals surface area (Å²) in [6.45, 7) is 1.77. The lowest BCUT2D eigenvalue weighted by molar-refractivity contribution is 0.102. The van der Waals surface area contributed by atoms with Crippen molar-refractivity contribution in [2.24, 2.45) is 0 Å². The maximum absolute atomic E-state index is 12.8. The number of hydrogen-bond acceptors (Lipinski definition) is 4. The number of nitrogens with zero attached hydrogens (tertiary/aromatic N) is 2. The molecule has 0 spiro atoms. The van der Waals surface area contributed by atoms with Crippen molar-refractivity contribution in [1.29, 1.82) is 5.41 Å². The van der Waals surface area contributed by atoms with E-state index in [0.29, 0.717) is 32.9 Å². The van der Waals surface area contributed by atoms with Crippen molar-refractivity contribution in [2.45, 2.75) is 12.8 Å². The van der Waals surface area contributed by atoms with Gasteiger partial charge in [-0.25, -0.2) is 4.98 Å². The van der Waals surface area contributed by atoms with E-state index in [1.54, 1.807) is 48.5 Å². The van der Waals surface area contributed by atoms with E-state index in [9.17, 15) is 9.59 Å². The fourth-order valence-electron chi connectivity index (χ4n) is 3.54. The molecular weight excluding hydrogens is 461 g/mol. The summed E-state index contributed by atoms with van der Waals surface area (Å²) in [7, 11) is 0. The van der Waals surface area contributed by atoms with Crippen LogP contribution in [0.25, 0.3) is 0 Å². The van der Waals surface area contributed by atoms with Crippen LogP contribution in [-0.4, -0.2) is 40.6 Å². The number of halogens is 2. The minimum Gasteiger partial charge on any atom is -0.357 e. The van der Waals surface area contributed by atoms with E-state index in [0.717, 1.165) is 31.5 Å². The molecule has 1 aliphatic heterocycles. The summed E-state index contributed by atoms with van der Waals surface area (Å²) in [5.41, 5.74) is 1.67. The summed E-state index contributed by atoms with van der Waals surface area (Å²) in [4.78, 5) is 31.7. The molecule has 1 saturated heterocycles. The monoisotopic (exact) mass is 481 g/mol. The Morgan fingerprint density at radius 1 is 0.848 bits per heavy atom. The van der Waals surface area contributed by atoms with Gasteiger partial charge < -0.3 is 15.5 Å². The number of carbonyl (C=O) groups is 2. The number of nitrogens with one attached hydrogen (secondary N) is 3. The van der Waals surface area contributed by atoms with Crippen molar-refractivity contribution in [3.05, 3.63) is 87.5 Å². The lowest BCUT2D eigenvalue weighted by Crippen LogP contribution is -2.27. The Labute approximate surface area is 201 Å². The van der Waals surface area contributed by atoms with Crippen LogP contribution in [0.5, 0.6) is 0 Å². The Bertz CT molecular complexity index is 1190. The third-order valence-electron chi connectivity index (χ3n) is 5.29. The molecule has 0 saturated carbocycles. The average molecular weight is 482 g/mol. The first-order valence-electron chi connectivity index (χ1n) is 10.4. The predicted molar refractivity (Wildman–Crippen MR) is 131 cm³/mol. The first kappa shape index (κ1) is 22.8. The average Bonchev–Trinajstić information content (AvgIpc) is 3.36. The molecule has 2 aromatic carbocycles. The van der Waals surface area contributed by atoms with Crippen LogP contribution in [0.3, 0.4) is 0 Å². The van der Waals surface area contributed by atoms with Gasteiger partial charge in [0.05, 0.1) is 16.3 Å². The number of anilines is 2. The van der Waals surface area contributed by atoms with Crippen LogP contribution in [0.1, 0.15) is 39.1 Å². The van der Waals surface area contributed by atoms with E-state index in [4.69, 9.17) is 28.6 Å². The molecule has 0 unspecified atom stereocenters. The molecule has 2 heterocycles. The second-order valence-electron chi connectivity index (χ2n) is 7.58. The second kappa shape index (κ2) is 10.0. The fraction of sp³-hybridized carbons (Fsp3) is 0.167. The lowest BCUT2D eigenvalue weighted by atomic mass is 10.1. The summed E-state index contributed by atoms with van der Waals surface area (Å²) in [6, 6.07) is 14.7. The highest BCUT2D eigenvalue weighted by Gasteiger charge is 2.18. The van der Waals surface area contributed by atoms with E-state index >= 15 is 0 Å². The van der Waals surface area contributed by atoms with Gasteiger partial charge in [0.2, 0.25) is 0 Å². The summed E-state index contributed by atoms with van der Waals surface area (Å²) in [5, 5.41) is 14.6. The van der Waals surface area contributed by atoms with Crippen LogP contribution in [0.4, 0.5) is 11.5 Å². The molecule has 3 aromatic rings. The molecule has 0 aliphatic carbocycles. The number of aromatic nitrogens is 1. The van der Waals surface area contributed by atoms with E-state index in [-0.39, 0.29) is 11.5 Å². The van der Waals surface area contributed by atoms with E-state index in [1.807, 2.05) is 4.90 Å². The molecule has 2 amide bonds. The fourth-order valence-corrected chi connectivity index (χ4v) is 3.83. The van der Waals surface area contributed by atoms with Crippen LogP contribution in [0, 0.1) is 5.41 Å². The zero-order valence-corrected chi connectivity index (χ0v) is 19.1. The Morgan fingerprint density at radius 2 is 1.52 bits per heavy atom. The number of hydrogen-bond donors (Lipinski definition) is 3. The van der Waals surface area contributed by atoms with Gasteiger partial charge in [-0.1, -0.05) is 35.3 Å². The standard InChI is InChI=1S/C24H21Cl2N5O2/c25-17-7-9-20(19(13-17)24(33)30-21-10-8-18(26)14-28-21)29-23(32)16-5-3-15(4-6-16)22(27)31-11-1-2-12-31/h3-10,13-14,27H,1-2,11-12H2,(H,29,32)(H,28,30,33). The normalized spacial score (nSPS) is 13.0. The van der Waals surface area contributed by atoms with Gasteiger partial charge in [-0.15, -0.1) is 0 Å². The molecule has 0 radical (unpaired) electrons. The molecular formula is C24H21Cl2N5O2. The quantitative estimate of drug-likeness (QED) is 0.339. The summed E-state index contributed by atoms with van der Waals surface area (Å²) < 4.78 is 0. The van der Waals surface area contributed by atoms with Crippen molar-refractivity contribution in [1.82, 2.24) is 9.88 Å². The Balaban J connectivity index is 1.49. The Hall–Kier alpha value is -3.42. The topological polar surface area (TPSA) is 98.2 Å². The highest BCUT2D eigenvalue weighted by molar-refractivity contribution is 6.31. The smallest absolute Gasteiger partial charge is 0.258 e. The maximum atomic E-state index is 12.8. The van der Waals surface area contributed by atoms with Gasteiger partial charge in [0.15, 0.2) is 0 Å². The minimum atomic E-state index is -0.475. The van der Waals surface area contributed by atoms with Gasteiger partial charge in [-0.2, -0.15) is 0 Å². The Morgan fingerprint density at radius 3 is 2.18 bits per heavy atom. The second-order valence-corrected chi connectivity index (χ2v) is 8.45. The van der Waals surface area contributed by atoms with Gasteiger partial charge in [-0.05, 0) is 55.3 Å². The van der Waals surface area contributed by atoms with Crippen molar-refractivity contribution >= 4 is 52.4 Å². The number of carbonyl (C=O) groups excluding carboxylic acids is 2. The highest BCUT2D eigenvalue weighted by atomic mass is 35.5. The molecule has 33 heavy (non-hydrogen) atoms. The third kappa shape index (κ3) is 5.50. The number of rotatable bonds is 5. The van der Waals surface area contributed by atoms with Gasteiger partial charge in [0.1, 0.15) is 11.7 Å². The molecule has 3 N–H and O–H groups in total. The Kier molecular flexibility index (Phi) is 6.91. The summed E-state index contributed by atoms with van der Waals surface area (Å²) >= 11 is 11.9. The number of pyridine rings is 1. The van der Waals surface area contributed by atoms with Gasteiger partial charge in [0, 0.05) is 35.4 Å². The molecule has 0 bridgehead atoms. The molecule has 1 aliphatic rings. The van der Waals surface area contributed by atoms with Gasteiger partial charge in [-0.3, -0.25) is 15.0 Å². The molecule has 4 rings (SSSR count). The summed E-state index contributed by atoms with van der Waals surface area (Å²) in [6.07, 6.45) is 3.60. The first-order chi connectivity index (χ1) is 15.9. The van der Waals surface area contributed by atoms with Crippen LogP contribution >= 0.6 is 23.2 Å². The zero-order valence-electron chi connectivity index (χ0n) is 17.6. The number of likely N-dealkylation sites (tertiary alicyclic amines) is 1. The zero-order chi connectivity index (χ0) is 23.4. The predicted octanol–water partition coefficient (Wildman–Crippen LogP) is 5.31. The van der Waals surface area contributed by atoms with Crippen molar-refractivity contribution in [3.63, 3.8) is 0 Å². The number of amides is 2. The van der Waals surface area contributed by atoms with Crippen LogP contribution in [-0.2, 0) is 0 Å². The van der Waals surface area contributed by atoms with Crippen LogP contribution in [0.15, 0.2) is 60.8 Å². The first-order valence-corrected chi connectivity index (χ1v) is 11.1. The van der Waals surface area contributed by atoms with Gasteiger partial charge >= 0.3 is 0 Å². The highest BCUT2D eigenvalue weighted by Crippen LogP contribution is 2.23. The molecule has 0 atom stereocenters.